The van der Waals surface area contributed by atoms with Gasteiger partial charge in [-0.05, 0) is 79.4 Å². The van der Waals surface area contributed by atoms with E-state index in [1.165, 1.54) is 12.5 Å². The zero-order valence-corrected chi connectivity index (χ0v) is 19.2. The van der Waals surface area contributed by atoms with E-state index in [-0.39, 0.29) is 22.9 Å². The van der Waals surface area contributed by atoms with E-state index in [0.29, 0.717) is 23.5 Å². The number of hydrogen-bond acceptors (Lipinski definition) is 4. The second kappa shape index (κ2) is 7.18. The average Bonchev–Trinajstić information content (AvgIpc) is 3.23. The van der Waals surface area contributed by atoms with Gasteiger partial charge in [0.25, 0.3) is 0 Å². The quantitative estimate of drug-likeness (QED) is 0.387. The Hall–Kier alpha value is -2.17. The fraction of sp³-hybridized carbons (Fsp3) is 0.654. The molecule has 0 N–H and O–H groups in total. The number of carbonyl (C=O) groups is 2. The molecule has 5 heteroatoms. The van der Waals surface area contributed by atoms with Crippen molar-refractivity contribution in [2.24, 2.45) is 35.6 Å². The van der Waals surface area contributed by atoms with Gasteiger partial charge in [0.05, 0.1) is 5.69 Å². The number of aromatic nitrogens is 2. The number of rotatable bonds is 2. The highest BCUT2D eigenvalue weighted by molar-refractivity contribution is 6.05. The molecular weight excluding hydrogens is 388 g/mol. The summed E-state index contributed by atoms with van der Waals surface area (Å²) in [5, 5.41) is 4.26. The van der Waals surface area contributed by atoms with Crippen LogP contribution in [0, 0.1) is 28.6 Å². The maximum atomic E-state index is 13.5. The summed E-state index contributed by atoms with van der Waals surface area (Å²) in [4.78, 5) is 25.0. The minimum absolute atomic E-state index is 0.0312. The van der Waals surface area contributed by atoms with Crippen molar-refractivity contribution < 1.29 is 14.3 Å². The minimum Gasteiger partial charge on any atom is -0.462 e. The van der Waals surface area contributed by atoms with Crippen LogP contribution in [0.4, 0.5) is 0 Å². The minimum atomic E-state index is -0.234. The highest BCUT2D eigenvalue weighted by Gasteiger charge is 2.60. The van der Waals surface area contributed by atoms with Gasteiger partial charge in [-0.1, -0.05) is 25.5 Å². The molecule has 166 valence electrons. The molecule has 3 fully saturated rings. The van der Waals surface area contributed by atoms with Crippen LogP contribution < -0.4 is 0 Å². The number of allylic oxidation sites excluding steroid dienone is 2. The molecule has 0 unspecified atom stereocenters. The fourth-order valence-electron chi connectivity index (χ4n) is 7.47. The van der Waals surface area contributed by atoms with Crippen LogP contribution in [0.2, 0.25) is 0 Å². The molecule has 0 aliphatic heterocycles. The summed E-state index contributed by atoms with van der Waals surface area (Å²) in [5.74, 6) is 1.77. The zero-order chi connectivity index (χ0) is 22.0. The van der Waals surface area contributed by atoms with Crippen LogP contribution in [0.1, 0.15) is 71.4 Å². The Morgan fingerprint density at radius 3 is 2.68 bits per heavy atom. The summed E-state index contributed by atoms with van der Waals surface area (Å²) < 4.78 is 7.39. The van der Waals surface area contributed by atoms with E-state index in [4.69, 9.17) is 4.74 Å². The van der Waals surface area contributed by atoms with Crippen molar-refractivity contribution in [3.05, 3.63) is 35.2 Å². The largest absolute Gasteiger partial charge is 0.462 e. The summed E-state index contributed by atoms with van der Waals surface area (Å²) in [5.41, 5.74) is 3.42. The van der Waals surface area contributed by atoms with Gasteiger partial charge in [-0.3, -0.25) is 14.3 Å². The molecule has 3 saturated carbocycles. The lowest BCUT2D eigenvalue weighted by Gasteiger charge is -2.56. The predicted molar refractivity (Wildman–Crippen MR) is 119 cm³/mol. The third kappa shape index (κ3) is 3.15. The van der Waals surface area contributed by atoms with Crippen LogP contribution in [0.5, 0.6) is 0 Å². The molecule has 1 aromatic rings. The Morgan fingerprint density at radius 2 is 1.97 bits per heavy atom. The number of nitrogens with zero attached hydrogens (tertiary/aromatic N) is 2. The van der Waals surface area contributed by atoms with Crippen LogP contribution in [0.25, 0.3) is 6.08 Å². The van der Waals surface area contributed by atoms with Gasteiger partial charge in [-0.2, -0.15) is 5.10 Å². The van der Waals surface area contributed by atoms with E-state index in [2.05, 4.69) is 31.1 Å². The maximum absolute atomic E-state index is 13.5. The number of Topliss-reactive ketones (excluding diaryl/α,β-unsaturated/α-hetero) is 1. The van der Waals surface area contributed by atoms with Gasteiger partial charge in [0.15, 0.2) is 5.78 Å². The number of aryl methyl sites for hydroxylation is 1. The highest BCUT2D eigenvalue weighted by Crippen LogP contribution is 2.64. The first kappa shape index (κ1) is 20.7. The van der Waals surface area contributed by atoms with Crippen molar-refractivity contribution in [3.63, 3.8) is 0 Å². The van der Waals surface area contributed by atoms with Gasteiger partial charge < -0.3 is 4.74 Å². The van der Waals surface area contributed by atoms with Crippen molar-refractivity contribution in [2.45, 2.75) is 71.8 Å². The predicted octanol–water partition coefficient (Wildman–Crippen LogP) is 4.88. The van der Waals surface area contributed by atoms with Crippen LogP contribution in [0.3, 0.4) is 0 Å². The lowest BCUT2D eigenvalue weighted by molar-refractivity contribution is -0.148. The van der Waals surface area contributed by atoms with Crippen LogP contribution in [-0.4, -0.2) is 27.6 Å². The first-order valence-corrected chi connectivity index (χ1v) is 11.8. The normalized spacial score (nSPS) is 40.7. The Kier molecular flexibility index (Phi) is 4.80. The SMILES string of the molecule is CC(=O)O[C@@H]1CC[C@@]2(C)C(=CC[C@@H]3[C@@H]2CC[C@]2(C)C(=O)/C(=C/c4ccnn4C)C[C@@H]32)C1. The molecule has 4 aliphatic rings. The second-order valence-electron chi connectivity index (χ2n) is 10.8. The van der Waals surface area contributed by atoms with E-state index >= 15 is 0 Å². The lowest BCUT2D eigenvalue weighted by atomic mass is 9.48. The first-order valence-electron chi connectivity index (χ1n) is 11.8. The van der Waals surface area contributed by atoms with Gasteiger partial charge in [-0.25, -0.2) is 0 Å². The summed E-state index contributed by atoms with van der Waals surface area (Å²) in [6, 6.07) is 1.98. The van der Waals surface area contributed by atoms with Crippen molar-refractivity contribution in [3.8, 4) is 0 Å². The van der Waals surface area contributed by atoms with Crippen LogP contribution >= 0.6 is 0 Å². The topological polar surface area (TPSA) is 61.2 Å². The van der Waals surface area contributed by atoms with Gasteiger partial charge in [0, 0.05) is 32.0 Å². The molecule has 0 spiro atoms. The fourth-order valence-corrected chi connectivity index (χ4v) is 7.47. The van der Waals surface area contributed by atoms with Crippen LogP contribution in [0.15, 0.2) is 29.5 Å². The Morgan fingerprint density at radius 1 is 1.19 bits per heavy atom. The third-order valence-corrected chi connectivity index (χ3v) is 9.21. The number of ether oxygens (including phenoxy) is 1. The van der Waals surface area contributed by atoms with E-state index in [1.54, 1.807) is 6.20 Å². The Bertz CT molecular complexity index is 989. The average molecular weight is 423 g/mol. The monoisotopic (exact) mass is 422 g/mol. The number of hydrogen-bond donors (Lipinski definition) is 0. The smallest absolute Gasteiger partial charge is 0.302 e. The standard InChI is InChI=1S/C26H34N2O3/c1-16(29)31-20-7-10-25(2)18(15-20)5-6-21-22(25)8-11-26(3)23(21)14-17(24(26)30)13-19-9-12-27-28(19)4/h5,9,12-13,20-23H,6-8,10-11,14-15H2,1-4H3/b17-13+/t20-,21-,22+,23+,25+,26+/m1/s1. The van der Waals surface area contributed by atoms with Crippen molar-refractivity contribution in [1.82, 2.24) is 9.78 Å². The summed E-state index contributed by atoms with van der Waals surface area (Å²) >= 11 is 0. The Balaban J connectivity index is 1.43. The lowest BCUT2D eigenvalue weighted by Crippen LogP contribution is -2.50. The Labute approximate surface area is 184 Å². The highest BCUT2D eigenvalue weighted by atomic mass is 16.5. The molecule has 1 aromatic heterocycles. The van der Waals surface area contributed by atoms with Gasteiger partial charge >= 0.3 is 5.97 Å². The summed E-state index contributed by atoms with van der Waals surface area (Å²) in [6.07, 6.45) is 13.3. The third-order valence-electron chi connectivity index (χ3n) is 9.21. The molecule has 0 amide bonds. The number of esters is 1. The zero-order valence-electron chi connectivity index (χ0n) is 19.2. The van der Waals surface area contributed by atoms with E-state index in [9.17, 15) is 9.59 Å². The molecular formula is C26H34N2O3. The van der Waals surface area contributed by atoms with Gasteiger partial charge in [0.1, 0.15) is 6.10 Å². The molecule has 0 bridgehead atoms. The molecule has 0 aromatic carbocycles. The van der Waals surface area contributed by atoms with E-state index in [1.807, 2.05) is 17.8 Å². The number of carbonyl (C=O) groups excluding carboxylic acids is 2. The van der Waals surface area contributed by atoms with Crippen molar-refractivity contribution in [2.75, 3.05) is 0 Å². The summed E-state index contributed by atoms with van der Waals surface area (Å²) in [6.45, 7) is 6.17. The molecule has 31 heavy (non-hydrogen) atoms. The molecule has 6 atom stereocenters. The number of ketones is 1. The van der Waals surface area contributed by atoms with Gasteiger partial charge in [0.2, 0.25) is 0 Å². The summed E-state index contributed by atoms with van der Waals surface area (Å²) in [7, 11) is 1.93. The maximum Gasteiger partial charge on any atom is 0.302 e. The molecule has 1 heterocycles. The van der Waals surface area contributed by atoms with E-state index in [0.717, 1.165) is 56.2 Å². The molecule has 5 nitrogen and oxygen atoms in total. The molecule has 0 saturated heterocycles. The second-order valence-corrected chi connectivity index (χ2v) is 10.8. The van der Waals surface area contributed by atoms with Gasteiger partial charge in [-0.15, -0.1) is 0 Å². The van der Waals surface area contributed by atoms with Crippen molar-refractivity contribution >= 4 is 17.8 Å². The van der Waals surface area contributed by atoms with Crippen LogP contribution in [-0.2, 0) is 21.4 Å². The molecule has 0 radical (unpaired) electrons. The molecule has 4 aliphatic carbocycles. The van der Waals surface area contributed by atoms with E-state index < -0.39 is 0 Å². The first-order chi connectivity index (χ1) is 14.7. The number of fused-ring (bicyclic) bond motifs is 5. The van der Waals surface area contributed by atoms with Crippen molar-refractivity contribution in [1.29, 1.82) is 0 Å². The molecule has 5 rings (SSSR count).